The van der Waals surface area contributed by atoms with Crippen LogP contribution in [0.3, 0.4) is 0 Å². The van der Waals surface area contributed by atoms with Gasteiger partial charge in [0.2, 0.25) is 0 Å². The number of ether oxygens (including phenoxy) is 1. The average Bonchev–Trinajstić information content (AvgIpc) is 3.25. The predicted molar refractivity (Wildman–Crippen MR) is 141 cm³/mol. The molecule has 5 rings (SSSR count). The normalized spacial score (nSPS) is 13.4. The van der Waals surface area contributed by atoms with E-state index in [-0.39, 0.29) is 18.1 Å². The first-order chi connectivity index (χ1) is 18.1. The summed E-state index contributed by atoms with van der Waals surface area (Å²) in [5.41, 5.74) is 3.08. The number of imidazole rings is 1. The molecule has 0 bridgehead atoms. The number of carbonyl (C=O) groups is 2. The first kappa shape index (κ1) is 24.3. The van der Waals surface area contributed by atoms with Crippen molar-refractivity contribution in [1.82, 2.24) is 19.4 Å². The minimum atomic E-state index is -0.460. The molecule has 3 aromatic carbocycles. The third-order valence-electron chi connectivity index (χ3n) is 6.50. The standard InChI is InChI=1S/C29H28N4O4/c1-37-28(35)23-12-8-9-21(19-23)20-32-26(27(34)31-17-15-30-16-18-31)25(22-10-4-2-5-11-22)33(29(32)36)24-13-6-3-7-14-24/h2-14,19,30H,15-18,20H2,1H3. The van der Waals surface area contributed by atoms with Crippen molar-refractivity contribution >= 4 is 11.9 Å². The van der Waals surface area contributed by atoms with Crippen LogP contribution in [0.2, 0.25) is 0 Å². The third kappa shape index (κ3) is 4.83. The largest absolute Gasteiger partial charge is 0.465 e. The second-order valence-electron chi connectivity index (χ2n) is 8.84. The van der Waals surface area contributed by atoms with Gasteiger partial charge in [-0.15, -0.1) is 0 Å². The number of nitrogens with zero attached hydrogens (tertiary/aromatic N) is 3. The molecule has 0 unspecified atom stereocenters. The maximum Gasteiger partial charge on any atom is 0.337 e. The number of hydrogen-bond acceptors (Lipinski definition) is 5. The van der Waals surface area contributed by atoms with Crippen molar-refractivity contribution < 1.29 is 14.3 Å². The van der Waals surface area contributed by atoms with E-state index < -0.39 is 5.97 Å². The van der Waals surface area contributed by atoms with E-state index in [1.165, 1.54) is 11.7 Å². The molecule has 188 valence electrons. The van der Waals surface area contributed by atoms with Crippen LogP contribution in [0.5, 0.6) is 0 Å². The highest BCUT2D eigenvalue weighted by Gasteiger charge is 2.30. The Labute approximate surface area is 214 Å². The summed E-state index contributed by atoms with van der Waals surface area (Å²) < 4.78 is 8.00. The minimum Gasteiger partial charge on any atom is -0.465 e. The topological polar surface area (TPSA) is 85.6 Å². The Morgan fingerprint density at radius 1 is 0.892 bits per heavy atom. The van der Waals surface area contributed by atoms with Crippen LogP contribution in [0.4, 0.5) is 0 Å². The van der Waals surface area contributed by atoms with Gasteiger partial charge in [-0.05, 0) is 29.8 Å². The molecule has 4 aromatic rings. The van der Waals surface area contributed by atoms with Gasteiger partial charge in [-0.2, -0.15) is 0 Å². The Hall–Kier alpha value is -4.43. The molecule has 8 heteroatoms. The molecule has 1 aliphatic heterocycles. The molecule has 1 fully saturated rings. The fourth-order valence-electron chi connectivity index (χ4n) is 4.70. The number of amides is 1. The summed E-state index contributed by atoms with van der Waals surface area (Å²) in [4.78, 5) is 42.1. The lowest BCUT2D eigenvalue weighted by Gasteiger charge is -2.28. The quantitative estimate of drug-likeness (QED) is 0.415. The monoisotopic (exact) mass is 496 g/mol. The molecule has 37 heavy (non-hydrogen) atoms. The van der Waals surface area contributed by atoms with Crippen molar-refractivity contribution in [3.8, 4) is 16.9 Å². The Morgan fingerprint density at radius 3 is 2.24 bits per heavy atom. The summed E-state index contributed by atoms with van der Waals surface area (Å²) >= 11 is 0. The molecule has 2 heterocycles. The smallest absolute Gasteiger partial charge is 0.337 e. The van der Waals surface area contributed by atoms with Gasteiger partial charge in [0.05, 0.1) is 30.6 Å². The SMILES string of the molecule is COC(=O)c1cccc(Cn2c(C(=O)N3CCNCC3)c(-c3ccccc3)n(-c3ccccc3)c2=O)c1. The highest BCUT2D eigenvalue weighted by molar-refractivity contribution is 5.99. The zero-order chi connectivity index (χ0) is 25.8. The Morgan fingerprint density at radius 2 is 1.57 bits per heavy atom. The number of benzene rings is 3. The molecule has 1 saturated heterocycles. The van der Waals surface area contributed by atoms with Crippen LogP contribution in [0.25, 0.3) is 16.9 Å². The Bertz CT molecular complexity index is 1470. The van der Waals surface area contributed by atoms with E-state index in [0.29, 0.717) is 54.4 Å². The van der Waals surface area contributed by atoms with Crippen molar-refractivity contribution in [2.75, 3.05) is 33.3 Å². The van der Waals surface area contributed by atoms with Crippen LogP contribution in [0.15, 0.2) is 89.7 Å². The summed E-state index contributed by atoms with van der Waals surface area (Å²) in [6, 6.07) is 25.8. The van der Waals surface area contributed by atoms with Crippen molar-refractivity contribution in [2.24, 2.45) is 0 Å². The molecular weight excluding hydrogens is 468 g/mol. The van der Waals surface area contributed by atoms with E-state index in [1.54, 1.807) is 27.7 Å². The predicted octanol–water partition coefficient (Wildman–Crippen LogP) is 3.19. The lowest BCUT2D eigenvalue weighted by Crippen LogP contribution is -2.47. The van der Waals surface area contributed by atoms with Gasteiger partial charge in [-0.3, -0.25) is 13.9 Å². The number of para-hydroxylation sites is 1. The summed E-state index contributed by atoms with van der Waals surface area (Å²) in [7, 11) is 1.33. The molecule has 1 N–H and O–H groups in total. The van der Waals surface area contributed by atoms with Crippen LogP contribution in [-0.2, 0) is 11.3 Å². The number of esters is 1. The zero-order valence-electron chi connectivity index (χ0n) is 20.6. The van der Waals surface area contributed by atoms with Crippen LogP contribution in [-0.4, -0.2) is 59.2 Å². The number of rotatable bonds is 6. The summed E-state index contributed by atoms with van der Waals surface area (Å²) in [6.07, 6.45) is 0. The van der Waals surface area contributed by atoms with E-state index in [1.807, 2.05) is 66.7 Å². The highest BCUT2D eigenvalue weighted by atomic mass is 16.5. The fourth-order valence-corrected chi connectivity index (χ4v) is 4.70. The van der Waals surface area contributed by atoms with Gasteiger partial charge in [0.25, 0.3) is 5.91 Å². The van der Waals surface area contributed by atoms with Gasteiger partial charge in [-0.25, -0.2) is 9.59 Å². The van der Waals surface area contributed by atoms with Crippen LogP contribution < -0.4 is 11.0 Å². The maximum absolute atomic E-state index is 14.1. The molecule has 0 spiro atoms. The van der Waals surface area contributed by atoms with Gasteiger partial charge in [0.1, 0.15) is 5.69 Å². The highest BCUT2D eigenvalue weighted by Crippen LogP contribution is 2.28. The first-order valence-corrected chi connectivity index (χ1v) is 12.2. The number of hydrogen-bond donors (Lipinski definition) is 1. The second-order valence-corrected chi connectivity index (χ2v) is 8.84. The number of aromatic nitrogens is 2. The van der Waals surface area contributed by atoms with Gasteiger partial charge in [0.15, 0.2) is 0 Å². The number of carbonyl (C=O) groups excluding carboxylic acids is 2. The van der Waals surface area contributed by atoms with Gasteiger partial charge in [-0.1, -0.05) is 60.7 Å². The fraction of sp³-hybridized carbons (Fsp3) is 0.207. The molecule has 1 amide bonds. The summed E-state index contributed by atoms with van der Waals surface area (Å²) in [5.74, 6) is -0.658. The number of methoxy groups -OCH3 is 1. The minimum absolute atomic E-state index is 0.122. The first-order valence-electron chi connectivity index (χ1n) is 12.2. The van der Waals surface area contributed by atoms with E-state index in [4.69, 9.17) is 4.74 Å². The lowest BCUT2D eigenvalue weighted by atomic mass is 10.1. The summed E-state index contributed by atoms with van der Waals surface area (Å²) in [6.45, 7) is 2.61. The molecule has 1 aliphatic rings. The van der Waals surface area contributed by atoms with E-state index >= 15 is 0 Å². The lowest BCUT2D eigenvalue weighted by molar-refractivity contribution is 0.0600. The van der Waals surface area contributed by atoms with Crippen LogP contribution in [0.1, 0.15) is 26.4 Å². The van der Waals surface area contributed by atoms with E-state index in [2.05, 4.69) is 5.32 Å². The molecule has 1 aromatic heterocycles. The number of piperazine rings is 1. The molecule has 8 nitrogen and oxygen atoms in total. The van der Waals surface area contributed by atoms with Crippen molar-refractivity contribution in [2.45, 2.75) is 6.54 Å². The Kier molecular flexibility index (Phi) is 7.00. The van der Waals surface area contributed by atoms with Crippen LogP contribution >= 0.6 is 0 Å². The van der Waals surface area contributed by atoms with Gasteiger partial charge >= 0.3 is 11.7 Å². The van der Waals surface area contributed by atoms with Gasteiger partial charge < -0.3 is 15.0 Å². The second kappa shape index (κ2) is 10.7. The average molecular weight is 497 g/mol. The molecule has 0 atom stereocenters. The summed E-state index contributed by atoms with van der Waals surface area (Å²) in [5, 5.41) is 3.28. The van der Waals surface area contributed by atoms with Crippen LogP contribution in [0, 0.1) is 0 Å². The van der Waals surface area contributed by atoms with Crippen molar-refractivity contribution in [3.05, 3.63) is 112 Å². The third-order valence-corrected chi connectivity index (χ3v) is 6.50. The van der Waals surface area contributed by atoms with Gasteiger partial charge in [0, 0.05) is 31.7 Å². The molecular formula is C29H28N4O4. The van der Waals surface area contributed by atoms with Crippen molar-refractivity contribution in [3.63, 3.8) is 0 Å². The molecule has 0 aliphatic carbocycles. The Balaban J connectivity index is 1.75. The zero-order valence-corrected chi connectivity index (χ0v) is 20.6. The van der Waals surface area contributed by atoms with E-state index in [0.717, 1.165) is 5.56 Å². The maximum atomic E-state index is 14.1. The van der Waals surface area contributed by atoms with E-state index in [9.17, 15) is 14.4 Å². The number of nitrogens with one attached hydrogen (secondary N) is 1. The van der Waals surface area contributed by atoms with Crippen molar-refractivity contribution in [1.29, 1.82) is 0 Å². The molecule has 0 saturated carbocycles. The molecule has 0 radical (unpaired) electrons.